The van der Waals surface area contributed by atoms with E-state index in [9.17, 15) is 19.2 Å². The van der Waals surface area contributed by atoms with Crippen LogP contribution in [0.1, 0.15) is 64.1 Å². The zero-order valence-corrected chi connectivity index (χ0v) is 32.7. The third kappa shape index (κ3) is 8.87. The number of hydrogen-bond acceptors (Lipinski definition) is 10. The molecule has 16 heteroatoms. The van der Waals surface area contributed by atoms with Crippen LogP contribution in [0.3, 0.4) is 0 Å². The van der Waals surface area contributed by atoms with Gasteiger partial charge in [0.15, 0.2) is 0 Å². The van der Waals surface area contributed by atoms with Gasteiger partial charge in [-0.25, -0.2) is 19.6 Å². The van der Waals surface area contributed by atoms with Crippen LogP contribution >= 0.6 is 23.5 Å². The van der Waals surface area contributed by atoms with E-state index < -0.39 is 18.2 Å². The summed E-state index contributed by atoms with van der Waals surface area (Å²) >= 11 is 3.43. The molecule has 2 aromatic carbocycles. The number of aromatic nitrogens is 4. The monoisotopic (exact) mass is 774 g/mol. The summed E-state index contributed by atoms with van der Waals surface area (Å²) < 4.78 is 9.36. The number of H-pyrrole nitrogens is 2. The van der Waals surface area contributed by atoms with Crippen LogP contribution in [0.25, 0.3) is 22.5 Å². The summed E-state index contributed by atoms with van der Waals surface area (Å²) in [5.41, 5.74) is 3.72. The fourth-order valence-electron chi connectivity index (χ4n) is 6.52. The van der Waals surface area contributed by atoms with Gasteiger partial charge >= 0.3 is 12.2 Å². The van der Waals surface area contributed by atoms with Gasteiger partial charge < -0.3 is 39.9 Å². The number of nitrogens with one attached hydrogen (secondary N) is 4. The summed E-state index contributed by atoms with van der Waals surface area (Å²) in [6.07, 6.45) is 5.73. The first kappa shape index (κ1) is 38.8. The lowest BCUT2D eigenvalue weighted by molar-refractivity contribution is -0.135. The fourth-order valence-corrected chi connectivity index (χ4v) is 8.80. The van der Waals surface area contributed by atoms with Gasteiger partial charge in [-0.2, -0.15) is 0 Å². The maximum atomic E-state index is 13.6. The molecule has 0 bridgehead atoms. The van der Waals surface area contributed by atoms with Crippen molar-refractivity contribution < 1.29 is 28.7 Å². The van der Waals surface area contributed by atoms with Crippen molar-refractivity contribution in [1.29, 1.82) is 0 Å². The molecule has 6 rings (SSSR count). The summed E-state index contributed by atoms with van der Waals surface area (Å²) in [7, 11) is 2.55. The molecular formula is C38H46N8O6S2. The van der Waals surface area contributed by atoms with Crippen molar-refractivity contribution in [2.75, 3.05) is 33.9 Å². The Hall–Kier alpha value is -4.96. The van der Waals surface area contributed by atoms with Crippen LogP contribution in [0.4, 0.5) is 9.59 Å². The second kappa shape index (κ2) is 17.5. The number of carbonyl (C=O) groups is 4. The lowest BCUT2D eigenvalue weighted by Gasteiger charge is -2.29. The van der Waals surface area contributed by atoms with Gasteiger partial charge in [-0.3, -0.25) is 9.59 Å². The summed E-state index contributed by atoms with van der Waals surface area (Å²) in [6.45, 7) is 7.18. The van der Waals surface area contributed by atoms with Gasteiger partial charge in [-0.05, 0) is 49.4 Å². The molecule has 0 unspecified atom stereocenters. The maximum absolute atomic E-state index is 13.6. The minimum absolute atomic E-state index is 0.120. The Labute approximate surface area is 322 Å². The Bertz CT molecular complexity index is 2000. The van der Waals surface area contributed by atoms with Crippen molar-refractivity contribution in [1.82, 2.24) is 40.4 Å². The molecule has 4 aromatic rings. The number of methoxy groups -OCH3 is 2. The van der Waals surface area contributed by atoms with Crippen LogP contribution in [0.15, 0.2) is 68.4 Å². The smallest absolute Gasteiger partial charge is 0.407 e. The van der Waals surface area contributed by atoms with Crippen molar-refractivity contribution in [3.8, 4) is 22.5 Å². The Balaban J connectivity index is 1.12. The highest BCUT2D eigenvalue weighted by Crippen LogP contribution is 2.50. The molecular weight excluding hydrogens is 729 g/mol. The van der Waals surface area contributed by atoms with Gasteiger partial charge in [0, 0.05) is 43.8 Å². The van der Waals surface area contributed by atoms with Gasteiger partial charge in [-0.15, -0.1) is 0 Å². The number of benzene rings is 2. The van der Waals surface area contributed by atoms with E-state index >= 15 is 0 Å². The number of fused-ring (bicyclic) bond motifs is 2. The molecule has 0 saturated carbocycles. The van der Waals surface area contributed by atoms with E-state index in [4.69, 9.17) is 4.74 Å². The first-order valence-electron chi connectivity index (χ1n) is 18.1. The van der Waals surface area contributed by atoms with E-state index in [2.05, 4.69) is 78.6 Å². The second-order valence-corrected chi connectivity index (χ2v) is 15.7. The number of ether oxygens (including phenoxy) is 2. The van der Waals surface area contributed by atoms with Crippen LogP contribution in [0, 0.1) is 5.92 Å². The number of likely N-dealkylation sites (tertiary alicyclic amines) is 1. The number of aromatic amines is 2. The Morgan fingerprint density at radius 1 is 0.926 bits per heavy atom. The number of carbonyl (C=O) groups excluding carboxylic acids is 4. The number of unbranched alkanes of at least 4 members (excludes halogenated alkanes) is 1. The molecule has 2 aromatic heterocycles. The van der Waals surface area contributed by atoms with Crippen molar-refractivity contribution in [2.45, 2.75) is 84.7 Å². The molecule has 4 amide bonds. The molecule has 286 valence electrons. The van der Waals surface area contributed by atoms with Crippen LogP contribution in [0.5, 0.6) is 0 Å². The normalized spacial score (nSPS) is 15.3. The largest absolute Gasteiger partial charge is 0.453 e. The molecule has 4 heterocycles. The molecule has 2 aliphatic heterocycles. The van der Waals surface area contributed by atoms with Gasteiger partial charge in [0.2, 0.25) is 11.8 Å². The van der Waals surface area contributed by atoms with Gasteiger partial charge in [0.05, 0.1) is 50.6 Å². The summed E-state index contributed by atoms with van der Waals surface area (Å²) in [5, 5.41) is 5.17. The quantitative estimate of drug-likeness (QED) is 0.102. The average Bonchev–Trinajstić information content (AvgIpc) is 3.97. The standard InChI is InChI=1S/C38H46N8O6S2/c1-6-7-14-45(36(48)34(22(2)3)44-38(50)52-5)21-32-39-18-25(42-32)23-10-12-28-30(16-23)53-29-13-11-24(17-31(29)54-28)26-19-40-35(43-26)27-9-8-15-46(27)33(47)20-41-37(49)51-4/h10-13,16-19,22,27,34H,6-9,14-15,20-21H2,1-5H3,(H,39,42)(H,40,43)(H,41,49)(H,44,50)/t27-,34-/m0/s1. The highest BCUT2D eigenvalue weighted by Gasteiger charge is 2.33. The second-order valence-electron chi connectivity index (χ2n) is 13.5. The molecule has 1 fully saturated rings. The van der Waals surface area contributed by atoms with Gasteiger partial charge in [-0.1, -0.05) is 62.8 Å². The van der Waals surface area contributed by atoms with Crippen LogP contribution < -0.4 is 10.6 Å². The van der Waals surface area contributed by atoms with E-state index in [0.717, 1.165) is 73.6 Å². The number of amides is 4. The van der Waals surface area contributed by atoms with E-state index in [1.807, 2.05) is 20.0 Å². The average molecular weight is 775 g/mol. The Morgan fingerprint density at radius 2 is 1.57 bits per heavy atom. The molecule has 2 atom stereocenters. The molecule has 54 heavy (non-hydrogen) atoms. The molecule has 0 spiro atoms. The molecule has 4 N–H and O–H groups in total. The summed E-state index contributed by atoms with van der Waals surface area (Å²) in [4.78, 5) is 74.1. The third-order valence-corrected chi connectivity index (χ3v) is 12.0. The predicted molar refractivity (Wildman–Crippen MR) is 205 cm³/mol. The Morgan fingerprint density at radius 3 is 2.20 bits per heavy atom. The maximum Gasteiger partial charge on any atom is 0.407 e. The number of nitrogens with zero attached hydrogens (tertiary/aromatic N) is 4. The van der Waals surface area contributed by atoms with Crippen LogP contribution in [-0.4, -0.2) is 93.6 Å². The first-order chi connectivity index (χ1) is 26.1. The molecule has 1 saturated heterocycles. The zero-order valence-electron chi connectivity index (χ0n) is 31.1. The minimum atomic E-state index is -0.709. The molecule has 0 radical (unpaired) electrons. The zero-order chi connectivity index (χ0) is 38.4. The highest BCUT2D eigenvalue weighted by atomic mass is 32.2. The van der Waals surface area contributed by atoms with Crippen molar-refractivity contribution >= 4 is 47.5 Å². The van der Waals surface area contributed by atoms with E-state index in [-0.39, 0.29) is 30.3 Å². The molecule has 2 aliphatic rings. The molecule has 0 aliphatic carbocycles. The fraction of sp³-hybridized carbons (Fsp3) is 0.421. The Kier molecular flexibility index (Phi) is 12.5. The van der Waals surface area contributed by atoms with Crippen molar-refractivity contribution in [3.63, 3.8) is 0 Å². The lowest BCUT2D eigenvalue weighted by atomic mass is 10.0. The highest BCUT2D eigenvalue weighted by molar-refractivity contribution is 8.05. The third-order valence-electron chi connectivity index (χ3n) is 9.46. The minimum Gasteiger partial charge on any atom is -0.453 e. The van der Waals surface area contributed by atoms with E-state index in [0.29, 0.717) is 25.5 Å². The van der Waals surface area contributed by atoms with E-state index in [1.54, 1.807) is 39.5 Å². The van der Waals surface area contributed by atoms with Crippen molar-refractivity contribution in [2.24, 2.45) is 5.92 Å². The summed E-state index contributed by atoms with van der Waals surface area (Å²) in [5.74, 6) is 0.925. The first-order valence-corrected chi connectivity index (χ1v) is 19.7. The number of imidazole rings is 2. The topological polar surface area (TPSA) is 175 Å². The van der Waals surface area contributed by atoms with Crippen LogP contribution in [0.2, 0.25) is 0 Å². The SMILES string of the molecule is CCCCN(Cc1ncc(-c2ccc3c(c2)Sc2ccc(-c4cnc([C@@H]5CCCN5C(=O)CNC(=O)OC)[nH]4)cc2S3)[nH]1)C(=O)[C@@H](NC(=O)OC)C(C)C. The van der Waals surface area contributed by atoms with Crippen LogP contribution in [-0.2, 0) is 25.6 Å². The predicted octanol–water partition coefficient (Wildman–Crippen LogP) is 6.61. The number of rotatable bonds is 13. The number of alkyl carbamates (subject to hydrolysis) is 2. The van der Waals surface area contributed by atoms with E-state index in [1.165, 1.54) is 14.2 Å². The molecule has 14 nitrogen and oxygen atoms in total. The van der Waals surface area contributed by atoms with Gasteiger partial charge in [0.1, 0.15) is 24.2 Å². The summed E-state index contributed by atoms with van der Waals surface area (Å²) in [6, 6.07) is 11.8. The van der Waals surface area contributed by atoms with Crippen molar-refractivity contribution in [3.05, 3.63) is 60.4 Å². The lowest BCUT2D eigenvalue weighted by Crippen LogP contribution is -2.51. The van der Waals surface area contributed by atoms with Gasteiger partial charge in [0.25, 0.3) is 0 Å². The number of hydrogen-bond donors (Lipinski definition) is 4.